The zero-order chi connectivity index (χ0) is 8.77. The van der Waals surface area contributed by atoms with Crippen molar-refractivity contribution in [1.29, 1.82) is 0 Å². The molecule has 2 saturated carbocycles. The van der Waals surface area contributed by atoms with Gasteiger partial charge in [0.2, 0.25) is 0 Å². The molecule has 0 radical (unpaired) electrons. The van der Waals surface area contributed by atoms with Crippen LogP contribution in [0.25, 0.3) is 0 Å². The number of fused-ring (bicyclic) bond motifs is 1. The van der Waals surface area contributed by atoms with E-state index < -0.39 is 0 Å². The summed E-state index contributed by atoms with van der Waals surface area (Å²) in [6.07, 6.45) is 7.46. The first-order valence-corrected chi connectivity index (χ1v) is 5.68. The van der Waals surface area contributed by atoms with Crippen molar-refractivity contribution in [1.82, 2.24) is 0 Å². The van der Waals surface area contributed by atoms with E-state index in [0.717, 1.165) is 23.2 Å². The lowest BCUT2D eigenvalue weighted by Crippen LogP contribution is -2.24. The van der Waals surface area contributed by atoms with E-state index in [1.165, 1.54) is 32.1 Å². The van der Waals surface area contributed by atoms with Gasteiger partial charge in [0, 0.05) is 0 Å². The normalized spacial score (nSPS) is 52.8. The lowest BCUT2D eigenvalue weighted by atomic mass is 9.74. The van der Waals surface area contributed by atoms with Crippen LogP contribution in [0.5, 0.6) is 0 Å². The molecule has 4 atom stereocenters. The lowest BCUT2D eigenvalue weighted by Gasteiger charge is -2.31. The number of hydrogen-bond donors (Lipinski definition) is 0. The van der Waals surface area contributed by atoms with Crippen molar-refractivity contribution in [2.24, 2.45) is 23.2 Å². The minimum atomic E-state index is 0.744. The Labute approximate surface area is 76.7 Å². The monoisotopic (exact) mass is 166 g/mol. The fourth-order valence-electron chi connectivity index (χ4n) is 4.17. The Morgan fingerprint density at radius 2 is 2.17 bits per heavy atom. The summed E-state index contributed by atoms with van der Waals surface area (Å²) in [5.74, 6) is 3.13. The fraction of sp³-hybridized carbons (Fsp3) is 1.00. The highest BCUT2D eigenvalue weighted by Gasteiger charge is 2.51. The van der Waals surface area contributed by atoms with E-state index in [1.54, 1.807) is 0 Å². The van der Waals surface area contributed by atoms with Crippen LogP contribution in [0.4, 0.5) is 0 Å². The molecule has 0 bridgehead atoms. The van der Waals surface area contributed by atoms with E-state index in [2.05, 4.69) is 20.8 Å². The highest BCUT2D eigenvalue weighted by molar-refractivity contribution is 5.00. The molecule has 0 nitrogen and oxygen atoms in total. The average molecular weight is 166 g/mol. The van der Waals surface area contributed by atoms with Crippen LogP contribution in [0.1, 0.15) is 52.9 Å². The molecule has 0 saturated heterocycles. The first-order valence-electron chi connectivity index (χ1n) is 5.68. The number of hydrogen-bond acceptors (Lipinski definition) is 0. The molecule has 0 aliphatic heterocycles. The van der Waals surface area contributed by atoms with Gasteiger partial charge in [0.15, 0.2) is 0 Å². The summed E-state index contributed by atoms with van der Waals surface area (Å²) >= 11 is 0. The minimum Gasteiger partial charge on any atom is -0.0651 e. The molecule has 70 valence electrons. The minimum absolute atomic E-state index is 0.744. The first-order chi connectivity index (χ1) is 5.68. The predicted octanol–water partition coefficient (Wildman–Crippen LogP) is 3.86. The van der Waals surface area contributed by atoms with Gasteiger partial charge in [-0.15, -0.1) is 0 Å². The zero-order valence-electron chi connectivity index (χ0n) is 8.77. The first kappa shape index (κ1) is 8.59. The summed E-state index contributed by atoms with van der Waals surface area (Å²) in [6.45, 7) is 7.41. The molecule has 0 heterocycles. The SMILES string of the molecule is CCC1CC(C)C2CCCC12C. The van der Waals surface area contributed by atoms with Crippen molar-refractivity contribution in [2.45, 2.75) is 52.9 Å². The van der Waals surface area contributed by atoms with Gasteiger partial charge < -0.3 is 0 Å². The van der Waals surface area contributed by atoms with Crippen LogP contribution in [0.2, 0.25) is 0 Å². The van der Waals surface area contributed by atoms with Gasteiger partial charge in [0.25, 0.3) is 0 Å². The van der Waals surface area contributed by atoms with Crippen LogP contribution in [-0.4, -0.2) is 0 Å². The molecule has 12 heavy (non-hydrogen) atoms. The van der Waals surface area contributed by atoms with Crippen molar-refractivity contribution < 1.29 is 0 Å². The Kier molecular flexibility index (Phi) is 1.97. The van der Waals surface area contributed by atoms with E-state index in [4.69, 9.17) is 0 Å². The summed E-state index contributed by atoms with van der Waals surface area (Å²) in [7, 11) is 0. The lowest BCUT2D eigenvalue weighted by molar-refractivity contribution is 0.179. The van der Waals surface area contributed by atoms with Gasteiger partial charge in [-0.3, -0.25) is 0 Å². The van der Waals surface area contributed by atoms with E-state index in [1.807, 2.05) is 0 Å². The standard InChI is InChI=1S/C12H22/c1-4-10-8-9(2)11-6-5-7-12(10,11)3/h9-11H,4-8H2,1-3H3. The molecule has 0 aromatic carbocycles. The van der Waals surface area contributed by atoms with Crippen molar-refractivity contribution in [2.75, 3.05) is 0 Å². The largest absolute Gasteiger partial charge is 0.0651 e. The molecule has 0 amide bonds. The molecule has 4 unspecified atom stereocenters. The van der Waals surface area contributed by atoms with Gasteiger partial charge in [-0.1, -0.05) is 33.6 Å². The van der Waals surface area contributed by atoms with Crippen molar-refractivity contribution in [3.63, 3.8) is 0 Å². The van der Waals surface area contributed by atoms with Gasteiger partial charge >= 0.3 is 0 Å². The highest BCUT2D eigenvalue weighted by Crippen LogP contribution is 2.60. The van der Waals surface area contributed by atoms with Gasteiger partial charge in [-0.2, -0.15) is 0 Å². The van der Waals surface area contributed by atoms with Gasteiger partial charge in [-0.25, -0.2) is 0 Å². The van der Waals surface area contributed by atoms with Gasteiger partial charge in [0.1, 0.15) is 0 Å². The topological polar surface area (TPSA) is 0 Å². The van der Waals surface area contributed by atoms with Crippen molar-refractivity contribution in [3.05, 3.63) is 0 Å². The fourth-order valence-corrected chi connectivity index (χ4v) is 4.17. The summed E-state index contributed by atoms with van der Waals surface area (Å²) in [6, 6.07) is 0. The molecule has 0 heteroatoms. The average Bonchev–Trinajstić information content (AvgIpc) is 2.51. The molecule has 0 N–H and O–H groups in total. The maximum absolute atomic E-state index is 2.56. The summed E-state index contributed by atoms with van der Waals surface area (Å²) < 4.78 is 0. The Hall–Kier alpha value is 0. The van der Waals surface area contributed by atoms with Gasteiger partial charge in [-0.05, 0) is 42.4 Å². The predicted molar refractivity (Wildman–Crippen MR) is 53.0 cm³/mol. The molecular weight excluding hydrogens is 144 g/mol. The van der Waals surface area contributed by atoms with Crippen LogP contribution < -0.4 is 0 Å². The maximum Gasteiger partial charge on any atom is -0.0267 e. The van der Waals surface area contributed by atoms with Crippen LogP contribution in [0, 0.1) is 23.2 Å². The zero-order valence-corrected chi connectivity index (χ0v) is 8.77. The van der Waals surface area contributed by atoms with E-state index in [9.17, 15) is 0 Å². The van der Waals surface area contributed by atoms with Crippen molar-refractivity contribution >= 4 is 0 Å². The molecule has 2 aliphatic rings. The third-order valence-electron chi connectivity index (χ3n) is 4.85. The third kappa shape index (κ3) is 0.963. The quantitative estimate of drug-likeness (QED) is 0.555. The molecular formula is C12H22. The molecule has 2 fully saturated rings. The molecule has 2 rings (SSSR count). The summed E-state index contributed by atoms with van der Waals surface area (Å²) in [4.78, 5) is 0. The van der Waals surface area contributed by atoms with Crippen molar-refractivity contribution in [3.8, 4) is 0 Å². The highest BCUT2D eigenvalue weighted by atomic mass is 14.6. The number of rotatable bonds is 1. The van der Waals surface area contributed by atoms with Gasteiger partial charge in [0.05, 0.1) is 0 Å². The van der Waals surface area contributed by atoms with E-state index >= 15 is 0 Å². The third-order valence-corrected chi connectivity index (χ3v) is 4.85. The second kappa shape index (κ2) is 2.75. The Balaban J connectivity index is 2.21. The van der Waals surface area contributed by atoms with Crippen LogP contribution in [0.3, 0.4) is 0 Å². The van der Waals surface area contributed by atoms with E-state index in [0.29, 0.717) is 0 Å². The Bertz CT molecular complexity index is 173. The summed E-state index contributed by atoms with van der Waals surface area (Å²) in [5.41, 5.74) is 0.744. The van der Waals surface area contributed by atoms with Crippen LogP contribution in [-0.2, 0) is 0 Å². The summed E-state index contributed by atoms with van der Waals surface area (Å²) in [5, 5.41) is 0. The Morgan fingerprint density at radius 1 is 1.42 bits per heavy atom. The van der Waals surface area contributed by atoms with E-state index in [-0.39, 0.29) is 0 Å². The second-order valence-corrected chi connectivity index (χ2v) is 5.32. The van der Waals surface area contributed by atoms with Crippen LogP contribution in [0.15, 0.2) is 0 Å². The molecule has 0 spiro atoms. The molecule has 0 aromatic heterocycles. The molecule has 2 aliphatic carbocycles. The maximum atomic E-state index is 2.56. The Morgan fingerprint density at radius 3 is 2.83 bits per heavy atom. The second-order valence-electron chi connectivity index (χ2n) is 5.32. The molecule has 0 aromatic rings. The smallest absolute Gasteiger partial charge is 0.0267 e. The van der Waals surface area contributed by atoms with Crippen LogP contribution >= 0.6 is 0 Å².